The van der Waals surface area contributed by atoms with Crippen molar-refractivity contribution in [3.63, 3.8) is 0 Å². The first kappa shape index (κ1) is 8.27. The quantitative estimate of drug-likeness (QED) is 0.561. The first-order valence-corrected chi connectivity index (χ1v) is 5.36. The molecule has 1 aromatic carbocycles. The van der Waals surface area contributed by atoms with Gasteiger partial charge in [0.05, 0.1) is 0 Å². The first-order chi connectivity index (χ1) is 4.84. The van der Waals surface area contributed by atoms with Crippen LogP contribution in [0.15, 0.2) is 30.3 Å². The second-order valence-corrected chi connectivity index (χ2v) is 5.15. The van der Waals surface area contributed by atoms with Gasteiger partial charge in [0.15, 0.2) is 0 Å². The largest absolute Gasteiger partial charge is 0.728 e. The molecule has 0 fully saturated rings. The summed E-state index contributed by atoms with van der Waals surface area (Å²) in [4.78, 5) is 0. The molecule has 1 aromatic rings. The lowest BCUT2D eigenvalue weighted by molar-refractivity contribution is 0.562. The molecule has 0 spiro atoms. The molecule has 0 saturated heterocycles. The third-order valence-electron chi connectivity index (χ3n) is 1.27. The van der Waals surface area contributed by atoms with E-state index in [1.165, 1.54) is 0 Å². The summed E-state index contributed by atoms with van der Waals surface area (Å²) < 4.78 is 18.3. The van der Waals surface area contributed by atoms with Crippen molar-refractivity contribution in [3.05, 3.63) is 30.3 Å². The van der Waals surface area contributed by atoms with Gasteiger partial charge >= 0.3 is 31.6 Å². The number of halogens is 1. The summed E-state index contributed by atoms with van der Waals surface area (Å²) in [6.07, 6.45) is 0. The number of hydrogen-bond donors (Lipinski definition) is 0. The molecular formula is C6H7Al2FO. The summed E-state index contributed by atoms with van der Waals surface area (Å²) in [6.45, 7) is 0. The molecule has 0 atom stereocenters. The van der Waals surface area contributed by atoms with Crippen molar-refractivity contribution in [3.8, 4) is 0 Å². The normalized spacial score (nSPS) is 9.30. The Morgan fingerprint density at radius 3 is 2.40 bits per heavy atom. The predicted molar refractivity (Wildman–Crippen MR) is 42.6 cm³/mol. The topological polar surface area (TPSA) is 9.23 Å². The van der Waals surface area contributed by atoms with Crippen LogP contribution in [0.5, 0.6) is 0 Å². The summed E-state index contributed by atoms with van der Waals surface area (Å²) in [7, 11) is 0. The molecule has 0 unspecified atom stereocenters. The summed E-state index contributed by atoms with van der Waals surface area (Å²) >= 11 is -1.98. The van der Waals surface area contributed by atoms with E-state index in [4.69, 9.17) is 2.84 Å². The summed E-state index contributed by atoms with van der Waals surface area (Å²) in [5, 5.41) is 0. The van der Waals surface area contributed by atoms with Crippen LogP contribution in [-0.2, 0) is 2.84 Å². The fraction of sp³-hybridized carbons (Fsp3) is 0. The molecule has 0 aromatic heterocycles. The first-order valence-electron chi connectivity index (χ1n) is 3.06. The van der Waals surface area contributed by atoms with Crippen molar-refractivity contribution in [2.24, 2.45) is 0 Å². The van der Waals surface area contributed by atoms with E-state index in [0.717, 1.165) is 4.43 Å². The van der Waals surface area contributed by atoms with Crippen LogP contribution in [-0.4, -0.2) is 31.6 Å². The van der Waals surface area contributed by atoms with Crippen molar-refractivity contribution in [1.29, 1.82) is 0 Å². The molecule has 0 aliphatic rings. The van der Waals surface area contributed by atoms with E-state index in [9.17, 15) is 3.52 Å². The molecule has 4 heteroatoms. The zero-order chi connectivity index (χ0) is 7.40. The minimum Gasteiger partial charge on any atom is -0.613 e. The van der Waals surface area contributed by atoms with E-state index in [2.05, 4.69) is 0 Å². The Morgan fingerprint density at radius 2 is 1.90 bits per heavy atom. The molecule has 50 valence electrons. The van der Waals surface area contributed by atoms with Gasteiger partial charge < -0.3 is 6.36 Å². The molecular weight excluding hydrogens is 161 g/mol. The Morgan fingerprint density at radius 1 is 1.30 bits per heavy atom. The molecule has 0 bridgehead atoms. The van der Waals surface area contributed by atoms with Crippen LogP contribution >= 0.6 is 0 Å². The summed E-state index contributed by atoms with van der Waals surface area (Å²) in [6, 6.07) is 9.08. The maximum Gasteiger partial charge on any atom is 0.728 e. The molecule has 0 aliphatic carbocycles. The molecule has 0 saturated carbocycles. The minimum atomic E-state index is -2.48. The maximum atomic E-state index is 12.8. The average Bonchev–Trinajstić information content (AvgIpc) is 2.05. The van der Waals surface area contributed by atoms with Gasteiger partial charge in [-0.2, -0.15) is 0 Å². The fourth-order valence-electron chi connectivity index (χ4n) is 0.740. The highest BCUT2D eigenvalue weighted by Crippen LogP contribution is 1.88. The van der Waals surface area contributed by atoms with E-state index in [1.807, 2.05) is 18.2 Å². The Hall–Kier alpha value is 0.175. The van der Waals surface area contributed by atoms with Gasteiger partial charge in [0.1, 0.15) is 0 Å². The predicted octanol–water partition coefficient (Wildman–Crippen LogP) is -0.0840. The van der Waals surface area contributed by atoms with Crippen LogP contribution in [0.2, 0.25) is 0 Å². The van der Waals surface area contributed by atoms with Gasteiger partial charge in [0.25, 0.3) is 0 Å². The van der Waals surface area contributed by atoms with Crippen LogP contribution in [0.4, 0.5) is 3.52 Å². The number of benzene rings is 1. The molecule has 0 amide bonds. The molecule has 0 N–H and O–H groups in total. The average molecular weight is 168 g/mol. The van der Waals surface area contributed by atoms with Gasteiger partial charge in [-0.05, 0) is 4.43 Å². The fourth-order valence-corrected chi connectivity index (χ4v) is 2.35. The Labute approximate surface area is 72.8 Å². The Kier molecular flexibility index (Phi) is 3.42. The third kappa shape index (κ3) is 2.09. The molecule has 0 heterocycles. The van der Waals surface area contributed by atoms with E-state index in [1.54, 1.807) is 12.1 Å². The van der Waals surface area contributed by atoms with Gasteiger partial charge in [-0.1, -0.05) is 30.3 Å². The summed E-state index contributed by atoms with van der Waals surface area (Å²) in [5.41, 5.74) is 0. The van der Waals surface area contributed by atoms with E-state index < -0.39 is 14.9 Å². The zero-order valence-electron chi connectivity index (χ0n) is 5.75. The Balaban J connectivity index is 2.75. The van der Waals surface area contributed by atoms with Gasteiger partial charge in [-0.15, -0.1) is 0 Å². The van der Waals surface area contributed by atoms with Crippen LogP contribution in [0.3, 0.4) is 0 Å². The van der Waals surface area contributed by atoms with Crippen molar-refractivity contribution >= 4 is 36.0 Å². The SMILES string of the molecule is [F][Al]([O][AlH2])[c]1ccccc1. The monoisotopic (exact) mass is 168 g/mol. The molecule has 1 rings (SSSR count). The van der Waals surface area contributed by atoms with E-state index in [-0.39, 0.29) is 0 Å². The van der Waals surface area contributed by atoms with Crippen molar-refractivity contribution in [2.45, 2.75) is 0 Å². The van der Waals surface area contributed by atoms with Crippen LogP contribution < -0.4 is 4.43 Å². The van der Waals surface area contributed by atoms with Crippen molar-refractivity contribution in [2.75, 3.05) is 0 Å². The highest BCUT2D eigenvalue weighted by atomic mass is 27.3. The highest BCUT2D eigenvalue weighted by Gasteiger charge is 2.21. The number of hydrogen-bond acceptors (Lipinski definition) is 1. The smallest absolute Gasteiger partial charge is 0.613 e. The van der Waals surface area contributed by atoms with Crippen LogP contribution in [0, 0.1) is 0 Å². The lowest BCUT2D eigenvalue weighted by Gasteiger charge is -1.98. The van der Waals surface area contributed by atoms with Crippen molar-refractivity contribution < 1.29 is 6.36 Å². The summed E-state index contributed by atoms with van der Waals surface area (Å²) in [5.74, 6) is 0. The van der Waals surface area contributed by atoms with E-state index in [0.29, 0.717) is 16.6 Å². The molecule has 1 nitrogen and oxygen atoms in total. The second-order valence-electron chi connectivity index (χ2n) is 1.96. The molecule has 0 aliphatic heterocycles. The van der Waals surface area contributed by atoms with Crippen LogP contribution in [0.1, 0.15) is 0 Å². The van der Waals surface area contributed by atoms with Gasteiger partial charge in [0, 0.05) is 0 Å². The maximum absolute atomic E-state index is 12.8. The van der Waals surface area contributed by atoms with E-state index >= 15 is 0 Å². The lowest BCUT2D eigenvalue weighted by Crippen LogP contribution is -2.27. The van der Waals surface area contributed by atoms with Gasteiger partial charge in [0.2, 0.25) is 0 Å². The lowest BCUT2D eigenvalue weighted by atomic mass is 10.4. The van der Waals surface area contributed by atoms with Gasteiger partial charge in [-0.3, -0.25) is 0 Å². The minimum absolute atomic E-state index is 0.494. The Bertz CT molecular complexity index is 192. The second kappa shape index (κ2) is 4.14. The zero-order valence-corrected chi connectivity index (χ0v) is 8.91. The van der Waals surface area contributed by atoms with Crippen molar-refractivity contribution in [1.82, 2.24) is 0 Å². The van der Waals surface area contributed by atoms with Crippen LogP contribution in [0.25, 0.3) is 0 Å². The van der Waals surface area contributed by atoms with Gasteiger partial charge in [-0.25, -0.2) is 0 Å². The molecule has 0 radical (unpaired) electrons. The highest BCUT2D eigenvalue weighted by molar-refractivity contribution is 6.63. The third-order valence-corrected chi connectivity index (χ3v) is 3.83. The standard InChI is InChI=1S/C6H5.2Al.FH.O.2H/c1-2-4-6-5-3-1;;;;;;/h1-5H;;;1H;;;/q;;+1;;;;/p-1. The molecule has 10 heavy (non-hydrogen) atoms. The number of rotatable bonds is 2.